The Morgan fingerprint density at radius 3 is 3.00 bits per heavy atom. The molecule has 3 heteroatoms. The summed E-state index contributed by atoms with van der Waals surface area (Å²) in [6.07, 6.45) is 1.79. The van der Waals surface area contributed by atoms with Gasteiger partial charge in [0.2, 0.25) is 0 Å². The molecular weight excluding hydrogens is 204 g/mol. The number of benzene rings is 1. The second-order valence-corrected chi connectivity index (χ2v) is 4.16. The van der Waals surface area contributed by atoms with E-state index in [0.717, 1.165) is 20.9 Å². The minimum atomic E-state index is 0.929. The summed E-state index contributed by atoms with van der Waals surface area (Å²) < 4.78 is 1.15. The third kappa shape index (κ3) is 1.51. The number of thiazole rings is 1. The van der Waals surface area contributed by atoms with Crippen LogP contribution in [0.1, 0.15) is 0 Å². The molecule has 0 aliphatic rings. The maximum Gasteiger partial charge on any atom is 0.143 e. The second-order valence-electron chi connectivity index (χ2n) is 3.13. The highest BCUT2D eigenvalue weighted by atomic mass is 32.1. The number of fused-ring (bicyclic) bond motifs is 1. The second kappa shape index (κ2) is 3.44. The summed E-state index contributed by atoms with van der Waals surface area (Å²) in [6.45, 7) is 0. The van der Waals surface area contributed by atoms with Crippen LogP contribution in [0.4, 0.5) is 0 Å². The minimum absolute atomic E-state index is 0.929. The van der Waals surface area contributed by atoms with E-state index in [1.807, 2.05) is 36.4 Å². The molecule has 0 saturated heterocycles. The van der Waals surface area contributed by atoms with Gasteiger partial charge in [-0.15, -0.1) is 11.3 Å². The Bertz CT molecular complexity index is 554. The van der Waals surface area contributed by atoms with Gasteiger partial charge in [-0.05, 0) is 30.3 Å². The minimum Gasteiger partial charge on any atom is -0.254 e. The molecule has 71 valence electrons. The standard InChI is InChI=1S/C12H7N2S/c1-2-7-11-9(5-1)14-12(15-11)10-6-3-4-8-13-10/h1,3-8H. The zero-order valence-corrected chi connectivity index (χ0v) is 8.66. The lowest BCUT2D eigenvalue weighted by Crippen LogP contribution is -1.78. The SMILES string of the molecule is [c]1ccc2nc(-c3ccccn3)sc2c1. The zero-order chi connectivity index (χ0) is 10.1. The molecule has 0 amide bonds. The molecule has 2 nitrogen and oxygen atoms in total. The van der Waals surface area contributed by atoms with Gasteiger partial charge in [-0.1, -0.05) is 12.1 Å². The average molecular weight is 211 g/mol. The van der Waals surface area contributed by atoms with Gasteiger partial charge in [0.25, 0.3) is 0 Å². The van der Waals surface area contributed by atoms with Gasteiger partial charge in [-0.2, -0.15) is 0 Å². The fourth-order valence-electron chi connectivity index (χ4n) is 1.42. The first-order valence-electron chi connectivity index (χ1n) is 4.61. The molecule has 0 spiro atoms. The highest BCUT2D eigenvalue weighted by Crippen LogP contribution is 2.28. The molecule has 0 saturated carbocycles. The summed E-state index contributed by atoms with van der Waals surface area (Å²) in [7, 11) is 0. The van der Waals surface area contributed by atoms with Crippen LogP contribution in [0.3, 0.4) is 0 Å². The molecule has 15 heavy (non-hydrogen) atoms. The summed E-state index contributed by atoms with van der Waals surface area (Å²) in [6, 6.07) is 14.7. The van der Waals surface area contributed by atoms with E-state index < -0.39 is 0 Å². The highest BCUT2D eigenvalue weighted by molar-refractivity contribution is 7.21. The van der Waals surface area contributed by atoms with Gasteiger partial charge in [0, 0.05) is 6.20 Å². The molecule has 2 heterocycles. The lowest BCUT2D eigenvalue weighted by atomic mass is 10.3. The van der Waals surface area contributed by atoms with Crippen molar-refractivity contribution in [2.24, 2.45) is 0 Å². The number of aromatic nitrogens is 2. The number of hydrogen-bond donors (Lipinski definition) is 0. The van der Waals surface area contributed by atoms with Crippen molar-refractivity contribution in [1.82, 2.24) is 9.97 Å². The molecule has 2 aromatic heterocycles. The van der Waals surface area contributed by atoms with Crippen LogP contribution in [0.15, 0.2) is 42.6 Å². The van der Waals surface area contributed by atoms with E-state index in [9.17, 15) is 0 Å². The third-order valence-electron chi connectivity index (χ3n) is 2.12. The Kier molecular flexibility index (Phi) is 1.96. The Morgan fingerprint density at radius 2 is 2.20 bits per heavy atom. The van der Waals surface area contributed by atoms with Crippen LogP contribution in [0.25, 0.3) is 20.9 Å². The molecule has 0 unspecified atom stereocenters. The highest BCUT2D eigenvalue weighted by Gasteiger charge is 2.05. The lowest BCUT2D eigenvalue weighted by Gasteiger charge is -1.91. The predicted octanol–water partition coefficient (Wildman–Crippen LogP) is 3.16. The van der Waals surface area contributed by atoms with Crippen LogP contribution in [0, 0.1) is 6.07 Å². The fraction of sp³-hybridized carbons (Fsp3) is 0. The van der Waals surface area contributed by atoms with Crippen LogP contribution in [0.5, 0.6) is 0 Å². The Labute approximate surface area is 91.2 Å². The van der Waals surface area contributed by atoms with Crippen LogP contribution in [0.2, 0.25) is 0 Å². The Morgan fingerprint density at radius 1 is 1.20 bits per heavy atom. The van der Waals surface area contributed by atoms with E-state index in [2.05, 4.69) is 16.0 Å². The quantitative estimate of drug-likeness (QED) is 0.618. The van der Waals surface area contributed by atoms with Gasteiger partial charge in [0.1, 0.15) is 5.01 Å². The van der Waals surface area contributed by atoms with Crippen LogP contribution >= 0.6 is 11.3 Å². The van der Waals surface area contributed by atoms with Crippen molar-refractivity contribution in [2.75, 3.05) is 0 Å². The number of nitrogens with zero attached hydrogens (tertiary/aromatic N) is 2. The molecule has 1 aromatic carbocycles. The van der Waals surface area contributed by atoms with E-state index in [1.54, 1.807) is 17.5 Å². The van der Waals surface area contributed by atoms with Gasteiger partial charge in [0.05, 0.1) is 15.9 Å². The van der Waals surface area contributed by atoms with Crippen molar-refractivity contribution in [3.8, 4) is 10.7 Å². The van der Waals surface area contributed by atoms with Gasteiger partial charge < -0.3 is 0 Å². The van der Waals surface area contributed by atoms with Crippen molar-refractivity contribution in [3.05, 3.63) is 48.7 Å². The molecule has 3 aromatic rings. The smallest absolute Gasteiger partial charge is 0.143 e. The molecule has 0 aliphatic carbocycles. The lowest BCUT2D eigenvalue weighted by molar-refractivity contribution is 1.31. The van der Waals surface area contributed by atoms with Gasteiger partial charge in [-0.3, -0.25) is 4.98 Å². The maximum atomic E-state index is 4.52. The monoisotopic (exact) mass is 211 g/mol. The zero-order valence-electron chi connectivity index (χ0n) is 7.84. The van der Waals surface area contributed by atoms with Crippen LogP contribution in [-0.2, 0) is 0 Å². The largest absolute Gasteiger partial charge is 0.254 e. The topological polar surface area (TPSA) is 25.8 Å². The predicted molar refractivity (Wildman–Crippen MR) is 61.7 cm³/mol. The number of pyridine rings is 1. The van der Waals surface area contributed by atoms with Crippen LogP contribution < -0.4 is 0 Å². The van der Waals surface area contributed by atoms with Crippen molar-refractivity contribution in [3.63, 3.8) is 0 Å². The molecule has 0 fully saturated rings. The summed E-state index contributed by atoms with van der Waals surface area (Å²) in [5.41, 5.74) is 1.94. The van der Waals surface area contributed by atoms with Gasteiger partial charge in [0.15, 0.2) is 0 Å². The Balaban J connectivity index is 2.21. The van der Waals surface area contributed by atoms with Crippen molar-refractivity contribution in [2.45, 2.75) is 0 Å². The average Bonchev–Trinajstić information content (AvgIpc) is 2.74. The number of hydrogen-bond acceptors (Lipinski definition) is 3. The van der Waals surface area contributed by atoms with Crippen molar-refractivity contribution in [1.29, 1.82) is 0 Å². The first-order valence-corrected chi connectivity index (χ1v) is 5.43. The first-order chi connectivity index (χ1) is 7.43. The van der Waals surface area contributed by atoms with E-state index in [-0.39, 0.29) is 0 Å². The molecule has 0 atom stereocenters. The molecule has 0 N–H and O–H groups in total. The van der Waals surface area contributed by atoms with Gasteiger partial charge in [-0.25, -0.2) is 4.98 Å². The molecule has 1 radical (unpaired) electrons. The fourth-order valence-corrected chi connectivity index (χ4v) is 2.34. The van der Waals surface area contributed by atoms with Crippen LogP contribution in [-0.4, -0.2) is 9.97 Å². The van der Waals surface area contributed by atoms with E-state index in [0.29, 0.717) is 0 Å². The van der Waals surface area contributed by atoms with E-state index in [1.165, 1.54) is 0 Å². The summed E-state index contributed by atoms with van der Waals surface area (Å²) in [4.78, 5) is 8.80. The third-order valence-corrected chi connectivity index (χ3v) is 3.16. The van der Waals surface area contributed by atoms with Gasteiger partial charge >= 0.3 is 0 Å². The maximum absolute atomic E-state index is 4.52. The van der Waals surface area contributed by atoms with Crippen molar-refractivity contribution < 1.29 is 0 Å². The Hall–Kier alpha value is -1.74. The molecule has 0 bridgehead atoms. The summed E-state index contributed by atoms with van der Waals surface area (Å²) >= 11 is 1.65. The molecular formula is C12H7N2S. The normalized spacial score (nSPS) is 10.7. The van der Waals surface area contributed by atoms with E-state index in [4.69, 9.17) is 0 Å². The first kappa shape index (κ1) is 8.56. The summed E-state index contributed by atoms with van der Waals surface area (Å²) in [5.74, 6) is 0. The summed E-state index contributed by atoms with van der Waals surface area (Å²) in [5, 5.41) is 0.963. The van der Waals surface area contributed by atoms with E-state index >= 15 is 0 Å². The molecule has 3 rings (SSSR count). The number of rotatable bonds is 1. The molecule has 0 aliphatic heterocycles. The van der Waals surface area contributed by atoms with Crippen molar-refractivity contribution >= 4 is 21.6 Å².